The number of amides is 1. The normalized spacial score (nSPS) is 11.1. The molecule has 0 aromatic heterocycles. The monoisotopic (exact) mass is 265 g/mol. The van der Waals surface area contributed by atoms with Crippen LogP contribution in [0.15, 0.2) is 24.3 Å². The Morgan fingerprint density at radius 1 is 1.37 bits per heavy atom. The molecule has 0 fully saturated rings. The second-order valence-corrected chi connectivity index (χ2v) is 5.05. The number of carboxylic acids is 1. The van der Waals surface area contributed by atoms with Gasteiger partial charge in [0.1, 0.15) is 0 Å². The van der Waals surface area contributed by atoms with Crippen molar-refractivity contribution in [2.45, 2.75) is 26.9 Å². The average molecular weight is 265 g/mol. The molecule has 0 saturated heterocycles. The summed E-state index contributed by atoms with van der Waals surface area (Å²) in [6.45, 7) is 3.51. The molecule has 2 N–H and O–H groups in total. The zero-order valence-electron chi connectivity index (χ0n) is 11.4. The maximum atomic E-state index is 11.8. The van der Waals surface area contributed by atoms with E-state index in [1.54, 1.807) is 19.2 Å². The Hall–Kier alpha value is -1.88. The molecule has 1 amide bonds. The minimum Gasteiger partial charge on any atom is -0.481 e. The van der Waals surface area contributed by atoms with Gasteiger partial charge in [0.15, 0.2) is 0 Å². The van der Waals surface area contributed by atoms with Crippen molar-refractivity contribution in [2.24, 2.45) is 5.41 Å². The van der Waals surface area contributed by atoms with Gasteiger partial charge in [0, 0.05) is 19.2 Å². The highest BCUT2D eigenvalue weighted by atomic mass is 16.5. The van der Waals surface area contributed by atoms with Crippen LogP contribution >= 0.6 is 0 Å². The first-order valence-corrected chi connectivity index (χ1v) is 5.96. The number of aliphatic carboxylic acids is 1. The fourth-order valence-electron chi connectivity index (χ4n) is 1.59. The highest BCUT2D eigenvalue weighted by Gasteiger charge is 2.30. The van der Waals surface area contributed by atoms with Crippen molar-refractivity contribution < 1.29 is 19.4 Å². The van der Waals surface area contributed by atoms with Crippen LogP contribution in [0.3, 0.4) is 0 Å². The van der Waals surface area contributed by atoms with E-state index in [0.717, 1.165) is 5.56 Å². The first-order chi connectivity index (χ1) is 8.85. The van der Waals surface area contributed by atoms with E-state index in [2.05, 4.69) is 5.32 Å². The van der Waals surface area contributed by atoms with Crippen LogP contribution < -0.4 is 5.32 Å². The highest BCUT2D eigenvalue weighted by Crippen LogP contribution is 2.21. The lowest BCUT2D eigenvalue weighted by Gasteiger charge is -2.18. The molecule has 104 valence electrons. The Bertz CT molecular complexity index is 468. The zero-order chi connectivity index (χ0) is 14.5. The van der Waals surface area contributed by atoms with Crippen LogP contribution in [0.2, 0.25) is 0 Å². The van der Waals surface area contributed by atoms with Crippen LogP contribution in [0.1, 0.15) is 25.8 Å². The van der Waals surface area contributed by atoms with Crippen LogP contribution in [0.5, 0.6) is 0 Å². The summed E-state index contributed by atoms with van der Waals surface area (Å²) < 4.78 is 5.01. The summed E-state index contributed by atoms with van der Waals surface area (Å²) in [6.07, 6.45) is -0.0726. The van der Waals surface area contributed by atoms with E-state index in [9.17, 15) is 9.59 Å². The van der Waals surface area contributed by atoms with Crippen molar-refractivity contribution in [3.05, 3.63) is 29.8 Å². The standard InChI is InChI=1S/C14H19NO4/c1-14(2,13(17)18)8-12(16)15-11-6-4-5-10(7-11)9-19-3/h4-7H,8-9H2,1-3H3,(H,15,16)(H,17,18). The number of carbonyl (C=O) groups is 2. The van der Waals surface area contributed by atoms with E-state index in [1.807, 2.05) is 12.1 Å². The predicted octanol–water partition coefficient (Wildman–Crippen LogP) is 2.27. The van der Waals surface area contributed by atoms with Crippen molar-refractivity contribution in [1.82, 2.24) is 0 Å². The van der Waals surface area contributed by atoms with Crippen molar-refractivity contribution in [1.29, 1.82) is 0 Å². The van der Waals surface area contributed by atoms with Gasteiger partial charge in [0.25, 0.3) is 0 Å². The number of rotatable bonds is 6. The number of nitrogens with one attached hydrogen (secondary N) is 1. The van der Waals surface area contributed by atoms with Gasteiger partial charge in [-0.05, 0) is 31.5 Å². The van der Waals surface area contributed by atoms with Gasteiger partial charge in [-0.3, -0.25) is 9.59 Å². The second kappa shape index (κ2) is 6.33. The van der Waals surface area contributed by atoms with E-state index >= 15 is 0 Å². The third-order valence-corrected chi connectivity index (χ3v) is 2.70. The number of carbonyl (C=O) groups excluding carboxylic acids is 1. The molecule has 5 nitrogen and oxygen atoms in total. The Morgan fingerprint density at radius 3 is 2.63 bits per heavy atom. The zero-order valence-corrected chi connectivity index (χ0v) is 11.4. The Balaban J connectivity index is 2.67. The molecular formula is C14H19NO4. The molecular weight excluding hydrogens is 246 g/mol. The summed E-state index contributed by atoms with van der Waals surface area (Å²) in [7, 11) is 1.60. The Kier molecular flexibility index (Phi) is 5.06. The number of hydrogen-bond donors (Lipinski definition) is 2. The molecule has 0 saturated carbocycles. The van der Waals surface area contributed by atoms with Gasteiger partial charge < -0.3 is 15.2 Å². The molecule has 0 bridgehead atoms. The molecule has 0 aliphatic carbocycles. The van der Waals surface area contributed by atoms with E-state index in [0.29, 0.717) is 12.3 Å². The number of methoxy groups -OCH3 is 1. The fourth-order valence-corrected chi connectivity index (χ4v) is 1.59. The molecule has 1 aromatic rings. The first-order valence-electron chi connectivity index (χ1n) is 5.96. The molecule has 19 heavy (non-hydrogen) atoms. The van der Waals surface area contributed by atoms with Crippen molar-refractivity contribution >= 4 is 17.6 Å². The second-order valence-electron chi connectivity index (χ2n) is 5.05. The van der Waals surface area contributed by atoms with Crippen molar-refractivity contribution in [2.75, 3.05) is 12.4 Å². The van der Waals surface area contributed by atoms with Crippen molar-refractivity contribution in [3.8, 4) is 0 Å². The summed E-state index contributed by atoms with van der Waals surface area (Å²) in [5, 5.41) is 11.7. The third kappa shape index (κ3) is 4.71. The van der Waals surface area contributed by atoms with E-state index in [4.69, 9.17) is 9.84 Å². The van der Waals surface area contributed by atoms with Gasteiger partial charge in [-0.25, -0.2) is 0 Å². The van der Waals surface area contributed by atoms with Crippen LogP contribution in [0, 0.1) is 5.41 Å². The maximum absolute atomic E-state index is 11.8. The maximum Gasteiger partial charge on any atom is 0.309 e. The first kappa shape index (κ1) is 15.2. The molecule has 0 radical (unpaired) electrons. The summed E-state index contributed by atoms with van der Waals surface area (Å²) in [5.41, 5.74) is 0.507. The highest BCUT2D eigenvalue weighted by molar-refractivity contribution is 5.94. The lowest BCUT2D eigenvalue weighted by atomic mass is 9.89. The lowest BCUT2D eigenvalue weighted by Crippen LogP contribution is -2.29. The van der Waals surface area contributed by atoms with Gasteiger partial charge in [-0.15, -0.1) is 0 Å². The van der Waals surface area contributed by atoms with E-state index in [-0.39, 0.29) is 12.3 Å². The summed E-state index contributed by atoms with van der Waals surface area (Å²) in [6, 6.07) is 7.26. The number of carboxylic acid groups (broad SMARTS) is 1. The van der Waals surface area contributed by atoms with E-state index in [1.165, 1.54) is 13.8 Å². The minimum atomic E-state index is -1.08. The van der Waals surface area contributed by atoms with Gasteiger partial charge in [-0.2, -0.15) is 0 Å². The molecule has 1 aromatic carbocycles. The molecule has 0 unspecified atom stereocenters. The average Bonchev–Trinajstić information content (AvgIpc) is 2.28. The number of ether oxygens (including phenoxy) is 1. The fraction of sp³-hybridized carbons (Fsp3) is 0.429. The Labute approximate surface area is 112 Å². The number of benzene rings is 1. The topological polar surface area (TPSA) is 75.6 Å². The quantitative estimate of drug-likeness (QED) is 0.827. The SMILES string of the molecule is COCc1cccc(NC(=O)CC(C)(C)C(=O)O)c1. The van der Waals surface area contributed by atoms with Crippen LogP contribution in [-0.4, -0.2) is 24.1 Å². The minimum absolute atomic E-state index is 0.0726. The molecule has 0 spiro atoms. The summed E-state index contributed by atoms with van der Waals surface area (Å²) in [4.78, 5) is 22.7. The van der Waals surface area contributed by atoms with Crippen LogP contribution in [-0.2, 0) is 20.9 Å². The number of anilines is 1. The molecule has 0 aliphatic rings. The van der Waals surface area contributed by atoms with E-state index < -0.39 is 11.4 Å². The van der Waals surface area contributed by atoms with Gasteiger partial charge >= 0.3 is 5.97 Å². The lowest BCUT2D eigenvalue weighted by molar-refractivity contribution is -0.148. The Morgan fingerprint density at radius 2 is 2.05 bits per heavy atom. The van der Waals surface area contributed by atoms with Gasteiger partial charge in [0.2, 0.25) is 5.91 Å². The van der Waals surface area contributed by atoms with Gasteiger partial charge in [0.05, 0.1) is 12.0 Å². The number of hydrogen-bond acceptors (Lipinski definition) is 3. The van der Waals surface area contributed by atoms with Crippen LogP contribution in [0.25, 0.3) is 0 Å². The molecule has 0 atom stereocenters. The predicted molar refractivity (Wildman–Crippen MR) is 71.8 cm³/mol. The third-order valence-electron chi connectivity index (χ3n) is 2.70. The van der Waals surface area contributed by atoms with Crippen LogP contribution in [0.4, 0.5) is 5.69 Å². The molecule has 1 rings (SSSR count). The van der Waals surface area contributed by atoms with Gasteiger partial charge in [-0.1, -0.05) is 12.1 Å². The molecule has 0 aliphatic heterocycles. The largest absolute Gasteiger partial charge is 0.481 e. The van der Waals surface area contributed by atoms with Crippen molar-refractivity contribution in [3.63, 3.8) is 0 Å². The summed E-state index contributed by atoms with van der Waals surface area (Å²) in [5.74, 6) is -1.31. The molecule has 0 heterocycles. The smallest absolute Gasteiger partial charge is 0.309 e. The molecule has 5 heteroatoms. The summed E-state index contributed by atoms with van der Waals surface area (Å²) >= 11 is 0.